The molecule has 0 saturated carbocycles. The first-order chi connectivity index (χ1) is 14.8. The summed E-state index contributed by atoms with van der Waals surface area (Å²) < 4.78 is 20.8. The first-order valence-electron chi connectivity index (χ1n) is 10.0. The minimum Gasteiger partial charge on any atom is -0.458 e. The van der Waals surface area contributed by atoms with Crippen LogP contribution in [-0.2, 0) is 34.8 Å². The second kappa shape index (κ2) is 6.60. The molecule has 0 aliphatic carbocycles. The van der Waals surface area contributed by atoms with Crippen LogP contribution in [0.25, 0.3) is 22.3 Å². The van der Waals surface area contributed by atoms with Crippen LogP contribution in [0, 0.1) is 5.82 Å². The van der Waals surface area contributed by atoms with Crippen LogP contribution in [0.15, 0.2) is 23.0 Å². The number of anilines is 1. The molecular formula is C22H21FN4O4. The van der Waals surface area contributed by atoms with Gasteiger partial charge in [0, 0.05) is 29.1 Å². The van der Waals surface area contributed by atoms with Crippen LogP contribution >= 0.6 is 0 Å². The Morgan fingerprint density at radius 3 is 2.81 bits per heavy atom. The molecule has 2 aromatic heterocycles. The summed E-state index contributed by atoms with van der Waals surface area (Å²) in [5.41, 5.74) is 7.21. The smallest absolute Gasteiger partial charge is 0.343 e. The molecule has 0 radical (unpaired) electrons. The van der Waals surface area contributed by atoms with E-state index >= 15 is 0 Å². The number of pyridine rings is 2. The van der Waals surface area contributed by atoms with E-state index in [1.807, 2.05) is 0 Å². The summed E-state index contributed by atoms with van der Waals surface area (Å²) in [6.07, 6.45) is 0.0647. The van der Waals surface area contributed by atoms with Crippen LogP contribution < -0.4 is 16.6 Å². The van der Waals surface area contributed by atoms with Crippen molar-refractivity contribution in [2.75, 3.05) is 12.8 Å². The van der Waals surface area contributed by atoms with Crippen molar-refractivity contribution in [1.82, 2.24) is 14.9 Å². The molecule has 0 spiro atoms. The molecular weight excluding hydrogens is 403 g/mol. The van der Waals surface area contributed by atoms with Gasteiger partial charge in [0.1, 0.15) is 12.4 Å². The normalized spacial score (nSPS) is 19.2. The fraction of sp³-hybridized carbons (Fsp3) is 0.318. The predicted octanol–water partition coefficient (Wildman–Crippen LogP) is 1.52. The molecule has 0 amide bonds. The number of aromatic nitrogens is 2. The Morgan fingerprint density at radius 1 is 1.32 bits per heavy atom. The predicted molar refractivity (Wildman–Crippen MR) is 112 cm³/mol. The Morgan fingerprint density at radius 2 is 2.10 bits per heavy atom. The average molecular weight is 424 g/mol. The lowest BCUT2D eigenvalue weighted by Gasteiger charge is -2.31. The van der Waals surface area contributed by atoms with Gasteiger partial charge in [0.2, 0.25) is 0 Å². The Bertz CT molecular complexity index is 1350. The highest BCUT2D eigenvalue weighted by Crippen LogP contribution is 2.40. The monoisotopic (exact) mass is 424 g/mol. The SMILES string of the molecule is CC[C@@]1(O)C(=O)OCc2c1cc1n(c2=O)Cc2c-1nc1cc(F)c(N)cc1c2CNC. The number of nitrogens with two attached hydrogens (primary N) is 1. The zero-order chi connectivity index (χ0) is 22.1. The molecule has 0 saturated heterocycles. The number of benzene rings is 1. The maximum atomic E-state index is 14.2. The zero-order valence-electron chi connectivity index (χ0n) is 17.1. The summed E-state index contributed by atoms with van der Waals surface area (Å²) in [5.74, 6) is -1.34. The molecule has 4 heterocycles. The second-order valence-corrected chi connectivity index (χ2v) is 7.94. The van der Waals surface area contributed by atoms with Crippen LogP contribution in [0.4, 0.5) is 10.1 Å². The molecule has 0 fully saturated rings. The highest BCUT2D eigenvalue weighted by molar-refractivity contribution is 5.91. The van der Waals surface area contributed by atoms with Crippen molar-refractivity contribution >= 4 is 22.6 Å². The van der Waals surface area contributed by atoms with E-state index in [-0.39, 0.29) is 41.9 Å². The second-order valence-electron chi connectivity index (χ2n) is 7.94. The van der Waals surface area contributed by atoms with Gasteiger partial charge in [-0.25, -0.2) is 14.2 Å². The van der Waals surface area contributed by atoms with Crippen molar-refractivity contribution in [2.24, 2.45) is 0 Å². The minimum absolute atomic E-state index is 0.0263. The number of rotatable bonds is 3. The molecule has 2 aliphatic rings. The minimum atomic E-state index is -1.89. The molecule has 160 valence electrons. The van der Waals surface area contributed by atoms with E-state index < -0.39 is 17.4 Å². The number of esters is 1. The van der Waals surface area contributed by atoms with E-state index in [1.165, 1.54) is 6.07 Å². The zero-order valence-corrected chi connectivity index (χ0v) is 17.1. The highest BCUT2D eigenvalue weighted by atomic mass is 19.1. The molecule has 5 rings (SSSR count). The maximum absolute atomic E-state index is 14.2. The van der Waals surface area contributed by atoms with Crippen molar-refractivity contribution in [3.05, 3.63) is 56.6 Å². The molecule has 3 aromatic rings. The molecule has 2 aliphatic heterocycles. The lowest BCUT2D eigenvalue weighted by Crippen LogP contribution is -2.44. The van der Waals surface area contributed by atoms with Crippen LogP contribution in [0.3, 0.4) is 0 Å². The van der Waals surface area contributed by atoms with E-state index in [0.717, 1.165) is 11.1 Å². The molecule has 4 N–H and O–H groups in total. The van der Waals surface area contributed by atoms with Crippen molar-refractivity contribution in [3.8, 4) is 11.4 Å². The third-order valence-electron chi connectivity index (χ3n) is 6.28. The van der Waals surface area contributed by atoms with Crippen molar-refractivity contribution in [3.63, 3.8) is 0 Å². The number of carbonyl (C=O) groups excluding carboxylic acids is 1. The highest BCUT2D eigenvalue weighted by Gasteiger charge is 2.45. The molecule has 1 aromatic carbocycles. The molecule has 0 bridgehead atoms. The maximum Gasteiger partial charge on any atom is 0.343 e. The van der Waals surface area contributed by atoms with Crippen molar-refractivity contribution in [1.29, 1.82) is 0 Å². The van der Waals surface area contributed by atoms with Crippen molar-refractivity contribution < 1.29 is 19.0 Å². The number of hydrogen-bond donors (Lipinski definition) is 3. The molecule has 9 heteroatoms. The Balaban J connectivity index is 1.84. The van der Waals surface area contributed by atoms with Crippen LogP contribution in [-0.4, -0.2) is 27.7 Å². The van der Waals surface area contributed by atoms with E-state index in [2.05, 4.69) is 10.3 Å². The lowest BCUT2D eigenvalue weighted by atomic mass is 9.86. The topological polar surface area (TPSA) is 119 Å². The summed E-state index contributed by atoms with van der Waals surface area (Å²) in [6, 6.07) is 4.48. The fourth-order valence-electron chi connectivity index (χ4n) is 4.58. The Hall–Kier alpha value is -3.30. The summed E-state index contributed by atoms with van der Waals surface area (Å²) in [7, 11) is 1.79. The van der Waals surface area contributed by atoms with Crippen molar-refractivity contribution in [2.45, 2.75) is 38.6 Å². The van der Waals surface area contributed by atoms with Gasteiger partial charge >= 0.3 is 5.97 Å². The summed E-state index contributed by atoms with van der Waals surface area (Å²) in [4.78, 5) is 30.2. The number of aliphatic hydroxyl groups is 1. The van der Waals surface area contributed by atoms with Gasteiger partial charge in [-0.1, -0.05) is 6.92 Å². The number of fused-ring (bicyclic) bond motifs is 5. The van der Waals surface area contributed by atoms with Gasteiger partial charge < -0.3 is 25.5 Å². The quantitative estimate of drug-likeness (QED) is 0.337. The molecule has 31 heavy (non-hydrogen) atoms. The first kappa shape index (κ1) is 19.7. The van der Waals surface area contributed by atoms with Gasteiger partial charge in [0.15, 0.2) is 5.60 Å². The van der Waals surface area contributed by atoms with Crippen LogP contribution in [0.2, 0.25) is 0 Å². The summed E-state index contributed by atoms with van der Waals surface area (Å²) in [5, 5.41) is 14.8. The molecule has 1 atom stereocenters. The summed E-state index contributed by atoms with van der Waals surface area (Å²) in [6.45, 7) is 2.20. The van der Waals surface area contributed by atoms with E-state index in [1.54, 1.807) is 30.7 Å². The number of ether oxygens (including phenoxy) is 1. The first-order valence-corrected chi connectivity index (χ1v) is 10.0. The third-order valence-corrected chi connectivity index (χ3v) is 6.28. The van der Waals surface area contributed by atoms with Gasteiger partial charge in [-0.05, 0) is 31.2 Å². The molecule has 0 unspecified atom stereocenters. The third kappa shape index (κ3) is 2.56. The average Bonchev–Trinajstić information content (AvgIpc) is 3.11. The molecule has 8 nitrogen and oxygen atoms in total. The van der Waals surface area contributed by atoms with Gasteiger partial charge in [-0.2, -0.15) is 0 Å². The summed E-state index contributed by atoms with van der Waals surface area (Å²) >= 11 is 0. The number of nitrogen functional groups attached to an aromatic ring is 1. The number of nitrogens with one attached hydrogen (secondary N) is 1. The number of halogens is 1. The van der Waals surface area contributed by atoms with E-state index in [9.17, 15) is 19.1 Å². The number of carbonyl (C=O) groups is 1. The van der Waals surface area contributed by atoms with Gasteiger partial charge in [0.05, 0.1) is 34.7 Å². The Labute approximate surface area is 176 Å². The number of hydrogen-bond acceptors (Lipinski definition) is 7. The van der Waals surface area contributed by atoms with Crippen LogP contribution in [0.5, 0.6) is 0 Å². The number of cyclic esters (lactones) is 1. The standard InChI is InChI=1S/C22H21FN4O4/c1-3-22(30)14-5-18-19-12(8-27(18)20(28)13(14)9-31-21(22)29)11(7-25-2)10-4-16(24)15(23)6-17(10)26-19/h4-6,25,30H,3,7-9,24H2,1-2H3/t22-/m0/s1. The fourth-order valence-corrected chi connectivity index (χ4v) is 4.58. The largest absolute Gasteiger partial charge is 0.458 e. The van der Waals surface area contributed by atoms with E-state index in [4.69, 9.17) is 10.5 Å². The van der Waals surface area contributed by atoms with Gasteiger partial charge in [-0.3, -0.25) is 4.79 Å². The van der Waals surface area contributed by atoms with Gasteiger partial charge in [0.25, 0.3) is 5.56 Å². The van der Waals surface area contributed by atoms with E-state index in [0.29, 0.717) is 28.8 Å². The number of nitrogens with zero attached hydrogens (tertiary/aromatic N) is 2. The van der Waals surface area contributed by atoms with Gasteiger partial charge in [-0.15, -0.1) is 0 Å². The lowest BCUT2D eigenvalue weighted by molar-refractivity contribution is -0.172. The Kier molecular flexibility index (Phi) is 4.18. The van der Waals surface area contributed by atoms with Crippen LogP contribution in [0.1, 0.15) is 35.6 Å².